The fraction of sp³-hybridized carbons (Fsp3) is 0.389. The minimum absolute atomic E-state index is 0.182. The van der Waals surface area contributed by atoms with Crippen molar-refractivity contribution in [2.24, 2.45) is 5.92 Å². The first-order valence-corrected chi connectivity index (χ1v) is 9.07. The van der Waals surface area contributed by atoms with E-state index in [2.05, 4.69) is 15.3 Å². The van der Waals surface area contributed by atoms with Gasteiger partial charge in [0.2, 0.25) is 5.91 Å². The van der Waals surface area contributed by atoms with Crippen LogP contribution in [-0.2, 0) is 9.53 Å². The zero-order valence-electron chi connectivity index (χ0n) is 13.9. The molecular formula is C18H17Cl2N3O3. The summed E-state index contributed by atoms with van der Waals surface area (Å²) in [4.78, 5) is 21.1. The van der Waals surface area contributed by atoms with Crippen molar-refractivity contribution >= 4 is 34.8 Å². The standard InChI is InChI=1S/C18H17Cl2N3O3/c1-8-4-9(2-3-21-8)14-15(13-6-12(24)16(14)26-13)18(25)23-10-5-11(19)17(20)22-7-10/h2-5,7,12-16,24H,6H2,1H3,(H,23,25)/t12-,13-,14-,15+,16-/m1/s1. The number of carbonyl (C=O) groups excluding carboxylic acids is 1. The van der Waals surface area contributed by atoms with Gasteiger partial charge in [0.25, 0.3) is 0 Å². The van der Waals surface area contributed by atoms with Crippen LogP contribution in [0.4, 0.5) is 5.69 Å². The highest BCUT2D eigenvalue weighted by atomic mass is 35.5. The second-order valence-electron chi connectivity index (χ2n) is 6.71. The number of hydrogen-bond acceptors (Lipinski definition) is 5. The van der Waals surface area contributed by atoms with Gasteiger partial charge in [0, 0.05) is 24.2 Å². The predicted molar refractivity (Wildman–Crippen MR) is 97.4 cm³/mol. The molecule has 136 valence electrons. The van der Waals surface area contributed by atoms with E-state index in [1.165, 1.54) is 6.20 Å². The molecule has 0 saturated carbocycles. The third kappa shape index (κ3) is 3.07. The van der Waals surface area contributed by atoms with Gasteiger partial charge in [-0.1, -0.05) is 23.2 Å². The molecule has 2 bridgehead atoms. The van der Waals surface area contributed by atoms with E-state index in [9.17, 15) is 9.90 Å². The van der Waals surface area contributed by atoms with Crippen LogP contribution in [0, 0.1) is 12.8 Å². The number of nitrogens with one attached hydrogen (secondary N) is 1. The molecule has 0 aliphatic carbocycles. The third-order valence-corrected chi connectivity index (χ3v) is 5.68. The van der Waals surface area contributed by atoms with E-state index >= 15 is 0 Å². The summed E-state index contributed by atoms with van der Waals surface area (Å²) in [5, 5.41) is 13.6. The fourth-order valence-electron chi connectivity index (χ4n) is 3.93. The van der Waals surface area contributed by atoms with Crippen molar-refractivity contribution in [2.75, 3.05) is 5.32 Å². The molecule has 2 saturated heterocycles. The molecule has 2 aromatic heterocycles. The summed E-state index contributed by atoms with van der Waals surface area (Å²) in [6.07, 6.45) is 2.31. The molecule has 4 heterocycles. The van der Waals surface area contributed by atoms with Crippen molar-refractivity contribution in [3.8, 4) is 0 Å². The van der Waals surface area contributed by atoms with Gasteiger partial charge in [-0.15, -0.1) is 0 Å². The maximum Gasteiger partial charge on any atom is 0.230 e. The van der Waals surface area contributed by atoms with Crippen LogP contribution in [0.5, 0.6) is 0 Å². The van der Waals surface area contributed by atoms with Crippen molar-refractivity contribution in [3.63, 3.8) is 0 Å². The number of fused-ring (bicyclic) bond motifs is 2. The van der Waals surface area contributed by atoms with E-state index < -0.39 is 18.1 Å². The number of carbonyl (C=O) groups is 1. The van der Waals surface area contributed by atoms with Gasteiger partial charge in [0.1, 0.15) is 5.15 Å². The number of amides is 1. The number of nitrogens with zero attached hydrogens (tertiary/aromatic N) is 2. The number of aryl methyl sites for hydroxylation is 1. The summed E-state index contributed by atoms with van der Waals surface area (Å²) < 4.78 is 5.91. The molecule has 2 N–H and O–H groups in total. The van der Waals surface area contributed by atoms with Crippen molar-refractivity contribution in [2.45, 2.75) is 37.6 Å². The molecule has 26 heavy (non-hydrogen) atoms. The molecule has 2 fully saturated rings. The third-order valence-electron chi connectivity index (χ3n) is 5.00. The zero-order chi connectivity index (χ0) is 18.4. The Kier molecular flexibility index (Phi) is 4.61. The molecule has 0 radical (unpaired) electrons. The molecule has 0 spiro atoms. The van der Waals surface area contributed by atoms with Crippen LogP contribution in [0.25, 0.3) is 0 Å². The Morgan fingerprint density at radius 1 is 1.35 bits per heavy atom. The molecule has 4 rings (SSSR count). The van der Waals surface area contributed by atoms with E-state index in [0.717, 1.165) is 11.3 Å². The Morgan fingerprint density at radius 3 is 2.88 bits per heavy atom. The molecule has 8 heteroatoms. The van der Waals surface area contributed by atoms with Gasteiger partial charge in [-0.3, -0.25) is 9.78 Å². The first-order valence-electron chi connectivity index (χ1n) is 8.32. The van der Waals surface area contributed by atoms with Gasteiger partial charge in [0.05, 0.1) is 41.1 Å². The number of aliphatic hydroxyl groups excluding tert-OH is 1. The number of halogens is 2. The van der Waals surface area contributed by atoms with Gasteiger partial charge in [-0.05, 0) is 30.7 Å². The van der Waals surface area contributed by atoms with Crippen LogP contribution < -0.4 is 5.32 Å². The molecule has 2 aliphatic rings. The molecule has 1 amide bonds. The quantitative estimate of drug-likeness (QED) is 0.782. The second kappa shape index (κ2) is 6.78. The van der Waals surface area contributed by atoms with Gasteiger partial charge in [-0.2, -0.15) is 0 Å². The Morgan fingerprint density at radius 2 is 2.15 bits per heavy atom. The number of pyridine rings is 2. The van der Waals surface area contributed by atoms with Crippen LogP contribution in [0.1, 0.15) is 23.6 Å². The minimum Gasteiger partial charge on any atom is -0.390 e. The van der Waals surface area contributed by atoms with E-state index in [-0.39, 0.29) is 28.1 Å². The number of anilines is 1. The smallest absolute Gasteiger partial charge is 0.230 e. The highest BCUT2D eigenvalue weighted by molar-refractivity contribution is 6.41. The summed E-state index contributed by atoms with van der Waals surface area (Å²) in [6, 6.07) is 5.36. The normalized spacial score (nSPS) is 29.8. The van der Waals surface area contributed by atoms with Crippen molar-refractivity contribution in [3.05, 3.63) is 52.0 Å². The summed E-state index contributed by atoms with van der Waals surface area (Å²) in [5.74, 6) is -0.843. The Bertz CT molecular complexity index is 863. The monoisotopic (exact) mass is 393 g/mol. The van der Waals surface area contributed by atoms with E-state index in [1.807, 2.05) is 19.1 Å². The Hall–Kier alpha value is -1.73. The number of hydrogen-bond donors (Lipinski definition) is 2. The van der Waals surface area contributed by atoms with Crippen LogP contribution >= 0.6 is 23.2 Å². The largest absolute Gasteiger partial charge is 0.390 e. The lowest BCUT2D eigenvalue weighted by Gasteiger charge is -2.30. The Balaban J connectivity index is 1.62. The number of ether oxygens (including phenoxy) is 1. The van der Waals surface area contributed by atoms with Crippen LogP contribution in [0.15, 0.2) is 30.6 Å². The number of aromatic nitrogens is 2. The lowest BCUT2D eigenvalue weighted by atomic mass is 9.74. The lowest BCUT2D eigenvalue weighted by Crippen LogP contribution is -2.41. The van der Waals surface area contributed by atoms with Crippen molar-refractivity contribution in [1.82, 2.24) is 9.97 Å². The summed E-state index contributed by atoms with van der Waals surface area (Å²) in [7, 11) is 0. The maximum absolute atomic E-state index is 13.0. The zero-order valence-corrected chi connectivity index (χ0v) is 15.4. The topological polar surface area (TPSA) is 84.3 Å². The number of rotatable bonds is 3. The summed E-state index contributed by atoms with van der Waals surface area (Å²) >= 11 is 11.8. The second-order valence-corrected chi connectivity index (χ2v) is 7.48. The SMILES string of the molecule is Cc1cc([C@H]2[C@@H]3O[C@H](C[C@H]3O)[C@@H]2C(=O)Nc2cnc(Cl)c(Cl)c2)ccn1. The highest BCUT2D eigenvalue weighted by Crippen LogP contribution is 2.49. The minimum atomic E-state index is -0.575. The number of aliphatic hydroxyl groups is 1. The van der Waals surface area contributed by atoms with Crippen molar-refractivity contribution in [1.29, 1.82) is 0 Å². The van der Waals surface area contributed by atoms with Gasteiger partial charge >= 0.3 is 0 Å². The van der Waals surface area contributed by atoms with E-state index in [1.54, 1.807) is 12.3 Å². The van der Waals surface area contributed by atoms with Crippen LogP contribution in [0.2, 0.25) is 10.2 Å². The molecular weight excluding hydrogens is 377 g/mol. The van der Waals surface area contributed by atoms with Gasteiger partial charge in [0.15, 0.2) is 0 Å². The van der Waals surface area contributed by atoms with Crippen LogP contribution in [0.3, 0.4) is 0 Å². The van der Waals surface area contributed by atoms with E-state index in [4.69, 9.17) is 27.9 Å². The molecule has 0 unspecified atom stereocenters. The molecule has 2 aromatic rings. The first kappa shape index (κ1) is 17.7. The highest BCUT2D eigenvalue weighted by Gasteiger charge is 2.56. The average Bonchev–Trinajstić information content (AvgIpc) is 3.15. The molecule has 2 aliphatic heterocycles. The fourth-order valence-corrected chi connectivity index (χ4v) is 4.20. The van der Waals surface area contributed by atoms with Gasteiger partial charge in [-0.25, -0.2) is 4.98 Å². The maximum atomic E-state index is 13.0. The predicted octanol–water partition coefficient (Wildman–Crippen LogP) is 2.96. The van der Waals surface area contributed by atoms with Crippen LogP contribution in [-0.4, -0.2) is 39.3 Å². The van der Waals surface area contributed by atoms with Crippen molar-refractivity contribution < 1.29 is 14.6 Å². The molecule has 5 atom stereocenters. The van der Waals surface area contributed by atoms with E-state index in [0.29, 0.717) is 12.1 Å². The summed E-state index contributed by atoms with van der Waals surface area (Å²) in [5.41, 5.74) is 2.26. The first-order chi connectivity index (χ1) is 12.4. The molecule has 0 aromatic carbocycles. The lowest BCUT2D eigenvalue weighted by molar-refractivity contribution is -0.121. The molecule has 6 nitrogen and oxygen atoms in total. The van der Waals surface area contributed by atoms with Gasteiger partial charge < -0.3 is 15.2 Å². The Labute approximate surface area is 160 Å². The summed E-state index contributed by atoms with van der Waals surface area (Å²) in [6.45, 7) is 1.89. The average molecular weight is 394 g/mol.